The van der Waals surface area contributed by atoms with Gasteiger partial charge in [-0.15, -0.1) is 0 Å². The van der Waals surface area contributed by atoms with Gasteiger partial charge in [-0.1, -0.05) is 24.3 Å². The van der Waals surface area contributed by atoms with Gasteiger partial charge in [-0.3, -0.25) is 9.18 Å². The van der Waals surface area contributed by atoms with Crippen molar-refractivity contribution in [1.82, 2.24) is 0 Å². The summed E-state index contributed by atoms with van der Waals surface area (Å²) in [4.78, 5) is 16.0. The Balaban J connectivity index is 1.63. The lowest BCUT2D eigenvalue weighted by Gasteiger charge is -2.25. The molecule has 28 heavy (non-hydrogen) atoms. The number of hydrogen-bond acceptors (Lipinski definition) is 7. The van der Waals surface area contributed by atoms with E-state index < -0.39 is 10.1 Å². The van der Waals surface area contributed by atoms with Crippen molar-refractivity contribution in [2.45, 2.75) is 56.6 Å². The fourth-order valence-electron chi connectivity index (χ4n) is 2.71. The van der Waals surface area contributed by atoms with Crippen LogP contribution in [0.25, 0.3) is 0 Å². The fourth-order valence-corrected chi connectivity index (χ4v) is 3.60. The van der Waals surface area contributed by atoms with Gasteiger partial charge in [0, 0.05) is 5.57 Å². The topological polar surface area (TPSA) is 91.3 Å². The van der Waals surface area contributed by atoms with Crippen LogP contribution in [0.4, 0.5) is 0 Å². The van der Waals surface area contributed by atoms with Gasteiger partial charge in [0.15, 0.2) is 6.40 Å². The summed E-state index contributed by atoms with van der Waals surface area (Å²) < 4.78 is 39.6. The molecule has 0 amide bonds. The molecule has 0 heterocycles. The highest BCUT2D eigenvalue weighted by Crippen LogP contribution is 2.24. The quantitative estimate of drug-likeness (QED) is 0.155. The lowest BCUT2D eigenvalue weighted by atomic mass is 9.93. The average molecular weight is 410 g/mol. The molecule has 1 aromatic rings. The molecule has 8 heteroatoms. The van der Waals surface area contributed by atoms with E-state index in [1.54, 1.807) is 19.1 Å². The molecule has 1 saturated carbocycles. The zero-order valence-electron chi connectivity index (χ0n) is 16.3. The van der Waals surface area contributed by atoms with Gasteiger partial charge in [-0.2, -0.15) is 8.42 Å². The first-order valence-electron chi connectivity index (χ1n) is 9.24. The van der Waals surface area contributed by atoms with Crippen molar-refractivity contribution < 1.29 is 26.9 Å². The second-order valence-corrected chi connectivity index (χ2v) is 8.45. The Labute approximate surface area is 166 Å². The Kier molecular flexibility index (Phi) is 8.19. The first-order chi connectivity index (χ1) is 13.3. The lowest BCUT2D eigenvalue weighted by Crippen LogP contribution is -2.26. The van der Waals surface area contributed by atoms with E-state index in [-0.39, 0.29) is 36.2 Å². The molecular weight excluding hydrogens is 382 g/mol. The number of nitrogens with zero attached hydrogens (tertiary/aromatic N) is 1. The molecular formula is C20H27NO6S. The molecule has 0 unspecified atom stereocenters. The van der Waals surface area contributed by atoms with Gasteiger partial charge in [-0.05, 0) is 51.7 Å². The molecule has 1 aliphatic rings. The third kappa shape index (κ3) is 7.09. The summed E-state index contributed by atoms with van der Waals surface area (Å²) in [5.41, 5.74) is 1.38. The summed E-state index contributed by atoms with van der Waals surface area (Å²) in [6.07, 6.45) is 4.35. The number of carbonyl (C=O) groups is 1. The highest BCUT2D eigenvalue weighted by molar-refractivity contribution is 7.86. The first kappa shape index (κ1) is 22.1. The number of rotatable bonds is 9. The van der Waals surface area contributed by atoms with Crippen molar-refractivity contribution >= 4 is 22.5 Å². The molecule has 2 rings (SSSR count). The van der Waals surface area contributed by atoms with E-state index in [9.17, 15) is 13.2 Å². The molecule has 0 spiro atoms. The maximum absolute atomic E-state index is 12.0. The van der Waals surface area contributed by atoms with Crippen molar-refractivity contribution in [3.63, 3.8) is 0 Å². The lowest BCUT2D eigenvalue weighted by molar-refractivity contribution is -0.145. The van der Waals surface area contributed by atoms with Crippen LogP contribution >= 0.6 is 0 Å². The van der Waals surface area contributed by atoms with Crippen molar-refractivity contribution in [3.05, 3.63) is 42.0 Å². The van der Waals surface area contributed by atoms with E-state index in [0.717, 1.165) is 31.2 Å². The first-order valence-corrected chi connectivity index (χ1v) is 10.6. The zero-order chi connectivity index (χ0) is 20.6. The molecule has 0 bridgehead atoms. The van der Waals surface area contributed by atoms with Gasteiger partial charge in [0.1, 0.15) is 19.3 Å². The molecule has 0 atom stereocenters. The average Bonchev–Trinajstić information content (AvgIpc) is 2.66. The van der Waals surface area contributed by atoms with Crippen LogP contribution in [0, 0.1) is 6.92 Å². The number of benzene rings is 1. The number of carbonyl (C=O) groups excluding carboxylic acids is 1. The maximum atomic E-state index is 12.0. The Bertz CT molecular complexity index is 792. The molecule has 0 saturated heterocycles. The number of aryl methyl sites for hydroxylation is 1. The summed E-state index contributed by atoms with van der Waals surface area (Å²) in [6.45, 7) is 7.08. The van der Waals surface area contributed by atoms with Crippen LogP contribution in [-0.4, -0.2) is 46.1 Å². The standard InChI is InChI=1S/C20H27NO6S/c1-15(2)20(22)27-18-8-6-17(7-9-18)21-14-25-12-13-26-28(23,24)19-10-4-16(3)5-11-19/h4-5,10-11,14,17-18H,1,6-9,12-13H2,2-3H3/b21-14+. The Morgan fingerprint density at radius 1 is 1.18 bits per heavy atom. The number of aliphatic imine (C=N–C) groups is 1. The molecule has 0 aliphatic heterocycles. The van der Waals surface area contributed by atoms with Crippen LogP contribution in [0.2, 0.25) is 0 Å². The predicted molar refractivity (Wildman–Crippen MR) is 106 cm³/mol. The Morgan fingerprint density at radius 2 is 1.82 bits per heavy atom. The second-order valence-electron chi connectivity index (χ2n) is 6.83. The van der Waals surface area contributed by atoms with Gasteiger partial charge >= 0.3 is 5.97 Å². The van der Waals surface area contributed by atoms with Crippen LogP contribution in [-0.2, 0) is 28.6 Å². The largest absolute Gasteiger partial charge is 0.481 e. The minimum Gasteiger partial charge on any atom is -0.481 e. The normalized spacial score (nSPS) is 20.1. The molecule has 0 N–H and O–H groups in total. The molecule has 1 aliphatic carbocycles. The number of ether oxygens (including phenoxy) is 2. The fraction of sp³-hybridized carbons (Fsp3) is 0.500. The van der Waals surface area contributed by atoms with Crippen LogP contribution in [0.1, 0.15) is 38.2 Å². The van der Waals surface area contributed by atoms with Crippen LogP contribution in [0.3, 0.4) is 0 Å². The van der Waals surface area contributed by atoms with E-state index in [0.29, 0.717) is 5.57 Å². The summed E-state index contributed by atoms with van der Waals surface area (Å²) in [7, 11) is -3.78. The monoisotopic (exact) mass is 409 g/mol. The molecule has 0 aromatic heterocycles. The SMILES string of the molecule is C=C(C)C(=O)OC1CCC(/N=C/OCCOS(=O)(=O)c2ccc(C)cc2)CC1. The second kappa shape index (κ2) is 10.4. The van der Waals surface area contributed by atoms with Crippen LogP contribution < -0.4 is 0 Å². The van der Waals surface area contributed by atoms with Crippen LogP contribution in [0.5, 0.6) is 0 Å². The van der Waals surface area contributed by atoms with Crippen LogP contribution in [0.15, 0.2) is 46.3 Å². The molecule has 1 aromatic carbocycles. The number of esters is 1. The molecule has 0 radical (unpaired) electrons. The van der Waals surface area contributed by atoms with E-state index in [4.69, 9.17) is 13.7 Å². The smallest absolute Gasteiger partial charge is 0.333 e. The third-order valence-corrected chi connectivity index (χ3v) is 5.69. The van der Waals surface area contributed by atoms with Crippen molar-refractivity contribution in [1.29, 1.82) is 0 Å². The summed E-state index contributed by atoms with van der Waals surface area (Å²) in [5.74, 6) is -0.351. The van der Waals surface area contributed by atoms with E-state index in [2.05, 4.69) is 11.6 Å². The van der Waals surface area contributed by atoms with Gasteiger partial charge in [0.05, 0.1) is 10.9 Å². The maximum Gasteiger partial charge on any atom is 0.333 e. The molecule has 7 nitrogen and oxygen atoms in total. The number of hydrogen-bond donors (Lipinski definition) is 0. The Hall–Kier alpha value is -2.19. The summed E-state index contributed by atoms with van der Waals surface area (Å²) >= 11 is 0. The summed E-state index contributed by atoms with van der Waals surface area (Å²) in [5, 5.41) is 0. The van der Waals surface area contributed by atoms with Crippen molar-refractivity contribution in [2.24, 2.45) is 4.99 Å². The van der Waals surface area contributed by atoms with Gasteiger partial charge < -0.3 is 9.47 Å². The minimum absolute atomic E-state index is 0.0835. The highest BCUT2D eigenvalue weighted by Gasteiger charge is 2.23. The Morgan fingerprint density at radius 3 is 2.43 bits per heavy atom. The predicted octanol–water partition coefficient (Wildman–Crippen LogP) is 3.18. The summed E-state index contributed by atoms with van der Waals surface area (Å²) in [6, 6.07) is 6.56. The minimum atomic E-state index is -3.78. The van der Waals surface area contributed by atoms with E-state index >= 15 is 0 Å². The van der Waals surface area contributed by atoms with E-state index in [1.165, 1.54) is 18.5 Å². The van der Waals surface area contributed by atoms with Gasteiger partial charge in [-0.25, -0.2) is 4.79 Å². The molecule has 1 fully saturated rings. The van der Waals surface area contributed by atoms with E-state index in [1.807, 2.05) is 6.92 Å². The highest BCUT2D eigenvalue weighted by atomic mass is 32.2. The van der Waals surface area contributed by atoms with Crippen molar-refractivity contribution in [3.8, 4) is 0 Å². The third-order valence-electron chi connectivity index (χ3n) is 4.36. The van der Waals surface area contributed by atoms with Crippen molar-refractivity contribution in [2.75, 3.05) is 13.2 Å². The van der Waals surface area contributed by atoms with Gasteiger partial charge in [0.2, 0.25) is 0 Å². The molecule has 154 valence electrons. The van der Waals surface area contributed by atoms with Gasteiger partial charge in [0.25, 0.3) is 10.1 Å². The zero-order valence-corrected chi connectivity index (χ0v) is 17.1.